The van der Waals surface area contributed by atoms with Gasteiger partial charge in [0, 0.05) is 5.92 Å². The van der Waals surface area contributed by atoms with Gasteiger partial charge >= 0.3 is 0 Å². The highest BCUT2D eigenvalue weighted by Crippen LogP contribution is 2.42. The average molecular weight is 248 g/mol. The Balaban J connectivity index is 3.13. The van der Waals surface area contributed by atoms with Gasteiger partial charge in [-0.3, -0.25) is 4.79 Å². The zero-order valence-electron chi connectivity index (χ0n) is 12.8. The van der Waals surface area contributed by atoms with Gasteiger partial charge in [0.05, 0.1) is 0 Å². The topological polar surface area (TPSA) is 17.1 Å². The summed E-state index contributed by atoms with van der Waals surface area (Å²) in [6.07, 6.45) is 7.99. The third-order valence-electron chi connectivity index (χ3n) is 4.48. The highest BCUT2D eigenvalue weighted by Gasteiger charge is 2.32. The first-order valence-electron chi connectivity index (χ1n) is 7.19. The predicted molar refractivity (Wildman–Crippen MR) is 78.5 cm³/mol. The first-order valence-corrected chi connectivity index (χ1v) is 7.19. The fourth-order valence-corrected chi connectivity index (χ4v) is 2.96. The van der Waals surface area contributed by atoms with Crippen molar-refractivity contribution in [3.8, 4) is 0 Å². The third kappa shape index (κ3) is 3.34. The minimum Gasteiger partial charge on any atom is -0.295 e. The Bertz CT molecular complexity index is 371. The second-order valence-corrected chi connectivity index (χ2v) is 6.44. The normalized spacial score (nSPS) is 25.6. The van der Waals surface area contributed by atoms with Crippen LogP contribution in [-0.4, -0.2) is 5.78 Å². The van der Waals surface area contributed by atoms with E-state index in [2.05, 4.69) is 46.8 Å². The van der Waals surface area contributed by atoms with E-state index < -0.39 is 0 Å². The van der Waals surface area contributed by atoms with Crippen LogP contribution < -0.4 is 0 Å². The summed E-state index contributed by atoms with van der Waals surface area (Å²) in [5, 5.41) is 0. The molecule has 0 radical (unpaired) electrons. The summed E-state index contributed by atoms with van der Waals surface area (Å²) < 4.78 is 0. The fraction of sp³-hybridized carbons (Fsp3) is 0.706. The molecule has 1 aliphatic rings. The Morgan fingerprint density at radius 2 is 2.17 bits per heavy atom. The monoisotopic (exact) mass is 248 g/mol. The van der Waals surface area contributed by atoms with Gasteiger partial charge in [-0.25, -0.2) is 0 Å². The third-order valence-corrected chi connectivity index (χ3v) is 4.48. The Kier molecular flexibility index (Phi) is 4.95. The van der Waals surface area contributed by atoms with Gasteiger partial charge in [0.2, 0.25) is 0 Å². The molecule has 0 saturated carbocycles. The molecule has 1 nitrogen and oxygen atoms in total. The summed E-state index contributed by atoms with van der Waals surface area (Å²) in [6, 6.07) is 0. The second-order valence-electron chi connectivity index (χ2n) is 6.44. The van der Waals surface area contributed by atoms with E-state index in [1.165, 1.54) is 18.4 Å². The number of allylic oxidation sites excluding steroid dienone is 4. The maximum Gasteiger partial charge on any atom is 0.155 e. The fourth-order valence-electron chi connectivity index (χ4n) is 2.96. The summed E-state index contributed by atoms with van der Waals surface area (Å²) in [5.41, 5.74) is 2.71. The number of hydrogen-bond acceptors (Lipinski definition) is 1. The van der Waals surface area contributed by atoms with Crippen LogP contribution in [-0.2, 0) is 4.79 Å². The number of ketones is 1. The van der Waals surface area contributed by atoms with E-state index in [0.29, 0.717) is 11.8 Å². The van der Waals surface area contributed by atoms with E-state index in [9.17, 15) is 4.79 Å². The van der Waals surface area contributed by atoms with Crippen molar-refractivity contribution in [2.45, 2.75) is 60.8 Å². The van der Waals surface area contributed by atoms with Crippen molar-refractivity contribution in [1.29, 1.82) is 0 Å². The predicted octanol–water partition coefficient (Wildman–Crippen LogP) is 4.93. The van der Waals surface area contributed by atoms with Crippen LogP contribution in [0, 0.1) is 17.3 Å². The molecular formula is C17H28O. The van der Waals surface area contributed by atoms with E-state index >= 15 is 0 Å². The van der Waals surface area contributed by atoms with Gasteiger partial charge < -0.3 is 0 Å². The molecule has 0 heterocycles. The van der Waals surface area contributed by atoms with Crippen molar-refractivity contribution in [3.05, 3.63) is 23.3 Å². The molecular weight excluding hydrogens is 220 g/mol. The molecule has 0 aromatic heterocycles. The second kappa shape index (κ2) is 5.86. The van der Waals surface area contributed by atoms with Crippen LogP contribution in [0.5, 0.6) is 0 Å². The van der Waals surface area contributed by atoms with Gasteiger partial charge in [0.15, 0.2) is 5.78 Å². The van der Waals surface area contributed by atoms with E-state index in [1.807, 2.05) is 0 Å². The molecule has 0 spiro atoms. The summed E-state index contributed by atoms with van der Waals surface area (Å²) >= 11 is 0. The molecule has 0 aromatic rings. The molecule has 2 unspecified atom stereocenters. The standard InChI is InChI=1S/C17H28O/c1-7-12(2)15(14(4)18)11-16-13(3)9-8-10-17(16,5)6/h9,11-12,16H,7-8,10H2,1-6H3/b15-11-. The Morgan fingerprint density at radius 1 is 1.56 bits per heavy atom. The highest BCUT2D eigenvalue weighted by molar-refractivity contribution is 5.93. The molecule has 0 bridgehead atoms. The lowest BCUT2D eigenvalue weighted by atomic mass is 9.67. The van der Waals surface area contributed by atoms with Crippen molar-refractivity contribution in [2.24, 2.45) is 17.3 Å². The van der Waals surface area contributed by atoms with Gasteiger partial charge in [-0.05, 0) is 50.0 Å². The van der Waals surface area contributed by atoms with Gasteiger partial charge in [-0.1, -0.05) is 45.4 Å². The molecule has 0 N–H and O–H groups in total. The number of rotatable bonds is 4. The van der Waals surface area contributed by atoms with Crippen LogP contribution in [0.4, 0.5) is 0 Å². The number of carbonyl (C=O) groups is 1. The summed E-state index contributed by atoms with van der Waals surface area (Å²) in [7, 11) is 0. The van der Waals surface area contributed by atoms with Crippen molar-refractivity contribution >= 4 is 5.78 Å². The number of hydrogen-bond donors (Lipinski definition) is 0. The smallest absolute Gasteiger partial charge is 0.155 e. The molecule has 0 aliphatic heterocycles. The Labute approximate surface area is 112 Å². The zero-order chi connectivity index (χ0) is 13.9. The lowest BCUT2D eigenvalue weighted by molar-refractivity contribution is -0.114. The molecule has 0 saturated heterocycles. The quantitative estimate of drug-likeness (QED) is 0.509. The van der Waals surface area contributed by atoms with Crippen LogP contribution in [0.1, 0.15) is 60.8 Å². The first kappa shape index (κ1) is 15.2. The first-order chi connectivity index (χ1) is 8.29. The minimum absolute atomic E-state index is 0.235. The van der Waals surface area contributed by atoms with E-state index in [0.717, 1.165) is 12.0 Å². The summed E-state index contributed by atoms with van der Waals surface area (Å²) in [5.74, 6) is 1.02. The maximum absolute atomic E-state index is 11.8. The molecule has 0 amide bonds. The van der Waals surface area contributed by atoms with Crippen LogP contribution in [0.15, 0.2) is 23.3 Å². The molecule has 0 aromatic carbocycles. The van der Waals surface area contributed by atoms with E-state index in [4.69, 9.17) is 0 Å². The molecule has 18 heavy (non-hydrogen) atoms. The summed E-state index contributed by atoms with van der Waals surface area (Å²) in [6.45, 7) is 12.8. The zero-order valence-corrected chi connectivity index (χ0v) is 12.8. The van der Waals surface area contributed by atoms with Crippen molar-refractivity contribution < 1.29 is 4.79 Å². The van der Waals surface area contributed by atoms with Gasteiger partial charge in [-0.15, -0.1) is 0 Å². The van der Waals surface area contributed by atoms with Crippen LogP contribution in [0.2, 0.25) is 0 Å². The van der Waals surface area contributed by atoms with Gasteiger partial charge in [0.1, 0.15) is 0 Å². The van der Waals surface area contributed by atoms with Crippen LogP contribution in [0.3, 0.4) is 0 Å². The lowest BCUT2D eigenvalue weighted by Gasteiger charge is -2.37. The molecule has 102 valence electrons. The van der Waals surface area contributed by atoms with Crippen molar-refractivity contribution in [1.82, 2.24) is 0 Å². The molecule has 1 rings (SSSR count). The van der Waals surface area contributed by atoms with E-state index in [1.54, 1.807) is 6.92 Å². The molecule has 2 atom stereocenters. The van der Waals surface area contributed by atoms with Crippen LogP contribution >= 0.6 is 0 Å². The van der Waals surface area contributed by atoms with Crippen LogP contribution in [0.25, 0.3) is 0 Å². The highest BCUT2D eigenvalue weighted by atomic mass is 16.1. The summed E-state index contributed by atoms with van der Waals surface area (Å²) in [4.78, 5) is 11.8. The van der Waals surface area contributed by atoms with Crippen molar-refractivity contribution in [2.75, 3.05) is 0 Å². The van der Waals surface area contributed by atoms with Crippen molar-refractivity contribution in [3.63, 3.8) is 0 Å². The largest absolute Gasteiger partial charge is 0.295 e. The number of carbonyl (C=O) groups excluding carboxylic acids is 1. The lowest BCUT2D eigenvalue weighted by Crippen LogP contribution is -2.27. The minimum atomic E-state index is 0.235. The average Bonchev–Trinajstić information content (AvgIpc) is 2.26. The van der Waals surface area contributed by atoms with Gasteiger partial charge in [-0.2, -0.15) is 0 Å². The van der Waals surface area contributed by atoms with E-state index in [-0.39, 0.29) is 11.2 Å². The Morgan fingerprint density at radius 3 is 2.61 bits per heavy atom. The maximum atomic E-state index is 11.8. The molecule has 1 aliphatic carbocycles. The van der Waals surface area contributed by atoms with Gasteiger partial charge in [0.25, 0.3) is 0 Å². The Hall–Kier alpha value is -0.850. The molecule has 0 fully saturated rings. The SMILES string of the molecule is CCC(C)/C(=C/C1C(C)=CCCC1(C)C)C(C)=O. The number of Topliss-reactive ketones (excluding diaryl/α,β-unsaturated/α-hetero) is 1. The molecule has 1 heteroatoms.